The number of aliphatic imine (C=N–C) groups is 1. The van der Waals surface area contributed by atoms with Gasteiger partial charge in [-0.25, -0.2) is 0 Å². The topological polar surface area (TPSA) is 130 Å². The van der Waals surface area contributed by atoms with Gasteiger partial charge in [-0.1, -0.05) is 0 Å². The van der Waals surface area contributed by atoms with Crippen LogP contribution in [0.25, 0.3) is 0 Å². The summed E-state index contributed by atoms with van der Waals surface area (Å²) in [5.41, 5.74) is 7.67. The Morgan fingerprint density at radius 2 is 1.84 bits per heavy atom. The number of hydrogen-bond donors (Lipinski definition) is 5. The van der Waals surface area contributed by atoms with Gasteiger partial charge in [0.05, 0.1) is 11.4 Å². The van der Waals surface area contributed by atoms with Gasteiger partial charge in [-0.05, 0) is 25.5 Å². The number of aromatic nitrogens is 2. The molecule has 172 valence electrons. The van der Waals surface area contributed by atoms with Crippen LogP contribution in [0.5, 0.6) is 0 Å². The van der Waals surface area contributed by atoms with Crippen LogP contribution in [-0.4, -0.2) is 52.6 Å². The number of amides is 2. The molecule has 6 N–H and O–H groups in total. The molecule has 0 saturated carbocycles. The molecule has 0 aliphatic carbocycles. The number of aryl methyl sites for hydroxylation is 2. The highest BCUT2D eigenvalue weighted by Gasteiger charge is 2.17. The van der Waals surface area contributed by atoms with Crippen LogP contribution in [0.4, 0.5) is 11.4 Å². The number of nitrogens with two attached hydrogens (primary N) is 1. The predicted octanol–water partition coefficient (Wildman–Crippen LogP) is 1.10. The third-order valence-electron chi connectivity index (χ3n) is 4.60. The van der Waals surface area contributed by atoms with E-state index in [1.54, 1.807) is 47.8 Å². The van der Waals surface area contributed by atoms with E-state index < -0.39 is 0 Å². The van der Waals surface area contributed by atoms with Gasteiger partial charge in [-0.3, -0.25) is 14.6 Å². The van der Waals surface area contributed by atoms with E-state index in [1.807, 2.05) is 6.92 Å². The number of halogens is 2. The number of carbonyl (C=O) groups excluding carboxylic acids is 2. The molecule has 3 heterocycles. The molecule has 0 spiro atoms. The van der Waals surface area contributed by atoms with E-state index >= 15 is 0 Å². The fourth-order valence-corrected chi connectivity index (χ4v) is 3.12. The first kappa shape index (κ1) is 26.2. The Kier molecular flexibility index (Phi) is 9.73. The SMILES string of the molecule is CC(CNC(=O)c1cc(NC(=O)c2cc(N)cn2C)cn1C)NC1=NCCCN1.Cl.Cl. The molecule has 31 heavy (non-hydrogen) atoms. The summed E-state index contributed by atoms with van der Waals surface area (Å²) in [5.74, 6) is 0.256. The fourth-order valence-electron chi connectivity index (χ4n) is 3.12. The zero-order valence-corrected chi connectivity index (χ0v) is 19.4. The molecule has 10 nitrogen and oxygen atoms in total. The van der Waals surface area contributed by atoms with Gasteiger partial charge in [-0.15, -0.1) is 24.8 Å². The molecular weight excluding hydrogens is 443 g/mol. The minimum Gasteiger partial charge on any atom is -0.397 e. The number of guanidine groups is 1. The van der Waals surface area contributed by atoms with Gasteiger partial charge in [0.15, 0.2) is 5.96 Å². The third kappa shape index (κ3) is 6.83. The molecule has 0 bridgehead atoms. The number of carbonyl (C=O) groups is 2. The highest BCUT2D eigenvalue weighted by molar-refractivity contribution is 6.04. The van der Waals surface area contributed by atoms with Crippen LogP contribution in [0.15, 0.2) is 29.5 Å². The second-order valence-electron chi connectivity index (χ2n) is 7.21. The van der Waals surface area contributed by atoms with Gasteiger partial charge in [-0.2, -0.15) is 0 Å². The van der Waals surface area contributed by atoms with Crippen molar-refractivity contribution in [2.75, 3.05) is 30.7 Å². The van der Waals surface area contributed by atoms with Gasteiger partial charge in [0, 0.05) is 52.2 Å². The number of rotatable bonds is 6. The lowest BCUT2D eigenvalue weighted by Gasteiger charge is -2.21. The summed E-state index contributed by atoms with van der Waals surface area (Å²) in [7, 11) is 3.51. The number of nitrogens with zero attached hydrogens (tertiary/aromatic N) is 3. The Labute approximate surface area is 193 Å². The summed E-state index contributed by atoms with van der Waals surface area (Å²) in [6.45, 7) is 4.12. The molecule has 1 aliphatic heterocycles. The van der Waals surface area contributed by atoms with Crippen molar-refractivity contribution in [2.24, 2.45) is 19.1 Å². The first-order valence-electron chi connectivity index (χ1n) is 9.56. The summed E-state index contributed by atoms with van der Waals surface area (Å²) in [4.78, 5) is 29.3. The Morgan fingerprint density at radius 3 is 2.45 bits per heavy atom. The van der Waals surface area contributed by atoms with E-state index in [1.165, 1.54) is 0 Å². The van der Waals surface area contributed by atoms with Gasteiger partial charge in [0.25, 0.3) is 11.8 Å². The van der Waals surface area contributed by atoms with Gasteiger partial charge >= 0.3 is 0 Å². The van der Waals surface area contributed by atoms with Crippen molar-refractivity contribution in [3.8, 4) is 0 Å². The molecule has 1 atom stereocenters. The molecular formula is C19H30Cl2N8O2. The van der Waals surface area contributed by atoms with Crippen LogP contribution in [0.3, 0.4) is 0 Å². The van der Waals surface area contributed by atoms with Crippen molar-refractivity contribution in [2.45, 2.75) is 19.4 Å². The number of hydrogen-bond acceptors (Lipinski definition) is 6. The van der Waals surface area contributed by atoms with Crippen molar-refractivity contribution in [3.63, 3.8) is 0 Å². The summed E-state index contributed by atoms with van der Waals surface area (Å²) in [6.07, 6.45) is 4.39. The quantitative estimate of drug-likeness (QED) is 0.429. The van der Waals surface area contributed by atoms with E-state index in [-0.39, 0.29) is 42.7 Å². The highest BCUT2D eigenvalue weighted by atomic mass is 35.5. The molecule has 2 aromatic heterocycles. The normalized spacial score (nSPS) is 13.6. The Bertz CT molecular complexity index is 937. The standard InChI is InChI=1S/C19H28N8O2.2ClH/c1-12(24-19-21-5-4-6-22-19)9-23-17(28)16-8-14(11-27(16)3)25-18(29)15-7-13(20)10-26(15)2;;/h7-8,10-12H,4-6,9,20H2,1-3H3,(H,23,28)(H,25,29)(H2,21,22,24);2*1H. The van der Waals surface area contributed by atoms with E-state index in [0.717, 1.165) is 25.5 Å². The van der Waals surface area contributed by atoms with Crippen LogP contribution in [-0.2, 0) is 14.1 Å². The van der Waals surface area contributed by atoms with E-state index in [9.17, 15) is 9.59 Å². The second kappa shape index (κ2) is 11.5. The fraction of sp³-hybridized carbons (Fsp3) is 0.421. The Hall–Kier alpha value is -2.85. The first-order chi connectivity index (χ1) is 13.8. The van der Waals surface area contributed by atoms with Crippen molar-refractivity contribution in [1.82, 2.24) is 25.1 Å². The first-order valence-corrected chi connectivity index (χ1v) is 9.56. The molecule has 1 aliphatic rings. The number of anilines is 2. The average molecular weight is 473 g/mol. The molecule has 0 radical (unpaired) electrons. The number of nitrogen functional groups attached to an aromatic ring is 1. The zero-order valence-electron chi connectivity index (χ0n) is 17.8. The summed E-state index contributed by atoms with van der Waals surface area (Å²) < 4.78 is 3.33. The lowest BCUT2D eigenvalue weighted by molar-refractivity contribution is 0.0941. The molecule has 3 rings (SSSR count). The molecule has 0 aromatic carbocycles. The van der Waals surface area contributed by atoms with Crippen LogP contribution < -0.4 is 27.0 Å². The predicted molar refractivity (Wildman–Crippen MR) is 128 cm³/mol. The van der Waals surface area contributed by atoms with Crippen LogP contribution in [0.2, 0.25) is 0 Å². The largest absolute Gasteiger partial charge is 0.397 e. The zero-order chi connectivity index (χ0) is 21.0. The van der Waals surface area contributed by atoms with Crippen molar-refractivity contribution >= 4 is 54.0 Å². The molecule has 12 heteroatoms. The molecule has 0 fully saturated rings. The maximum Gasteiger partial charge on any atom is 0.272 e. The monoisotopic (exact) mass is 472 g/mol. The number of nitrogens with one attached hydrogen (secondary N) is 4. The average Bonchev–Trinajstić information content (AvgIpc) is 3.21. The van der Waals surface area contributed by atoms with E-state index in [4.69, 9.17) is 5.73 Å². The molecule has 2 aromatic rings. The van der Waals surface area contributed by atoms with Gasteiger partial charge in [0.1, 0.15) is 11.4 Å². The van der Waals surface area contributed by atoms with Gasteiger partial charge < -0.3 is 36.1 Å². The maximum absolute atomic E-state index is 12.5. The van der Waals surface area contributed by atoms with E-state index in [2.05, 4.69) is 26.3 Å². The summed E-state index contributed by atoms with van der Waals surface area (Å²) in [6, 6.07) is 3.27. The summed E-state index contributed by atoms with van der Waals surface area (Å²) in [5, 5.41) is 12.1. The van der Waals surface area contributed by atoms with Gasteiger partial charge in [0.2, 0.25) is 0 Å². The van der Waals surface area contributed by atoms with Crippen LogP contribution in [0.1, 0.15) is 34.3 Å². The lowest BCUT2D eigenvalue weighted by Crippen LogP contribution is -2.48. The highest BCUT2D eigenvalue weighted by Crippen LogP contribution is 2.16. The van der Waals surface area contributed by atoms with Crippen molar-refractivity contribution in [1.29, 1.82) is 0 Å². The van der Waals surface area contributed by atoms with Crippen molar-refractivity contribution < 1.29 is 9.59 Å². The van der Waals surface area contributed by atoms with Crippen molar-refractivity contribution in [3.05, 3.63) is 35.9 Å². The van der Waals surface area contributed by atoms with Crippen LogP contribution >= 0.6 is 24.8 Å². The molecule has 0 saturated heterocycles. The maximum atomic E-state index is 12.5. The molecule has 2 amide bonds. The second-order valence-corrected chi connectivity index (χ2v) is 7.21. The molecule has 1 unspecified atom stereocenters. The smallest absolute Gasteiger partial charge is 0.272 e. The Morgan fingerprint density at radius 1 is 1.16 bits per heavy atom. The summed E-state index contributed by atoms with van der Waals surface area (Å²) >= 11 is 0. The minimum atomic E-state index is -0.291. The van der Waals surface area contributed by atoms with E-state index in [0.29, 0.717) is 29.3 Å². The van der Waals surface area contributed by atoms with Crippen LogP contribution in [0, 0.1) is 0 Å². The lowest BCUT2D eigenvalue weighted by atomic mass is 10.3. The minimum absolute atomic E-state index is 0. The third-order valence-corrected chi connectivity index (χ3v) is 4.60. The Balaban J connectivity index is 0.00000240.